The predicted octanol–water partition coefficient (Wildman–Crippen LogP) is 5.19. The zero-order chi connectivity index (χ0) is 20.4. The molecule has 0 fully saturated rings. The molecule has 0 saturated carbocycles. The summed E-state index contributed by atoms with van der Waals surface area (Å²) in [6.45, 7) is 2.34. The fourth-order valence-corrected chi connectivity index (χ4v) is 3.71. The van der Waals surface area contributed by atoms with Crippen molar-refractivity contribution in [2.75, 3.05) is 13.3 Å². The minimum atomic E-state index is -0.0881. The summed E-state index contributed by atoms with van der Waals surface area (Å²) in [5.74, 6) is -0.0881. The van der Waals surface area contributed by atoms with Crippen molar-refractivity contribution in [2.24, 2.45) is 0 Å². The van der Waals surface area contributed by atoms with Crippen LogP contribution in [0.2, 0.25) is 0 Å². The molecule has 0 saturated heterocycles. The number of benzene rings is 2. The zero-order valence-electron chi connectivity index (χ0n) is 16.5. The molecule has 2 aromatic heterocycles. The normalized spacial score (nSPS) is 11.0. The summed E-state index contributed by atoms with van der Waals surface area (Å²) < 4.78 is 5.39. The lowest BCUT2D eigenvalue weighted by molar-refractivity contribution is 0.0787. The van der Waals surface area contributed by atoms with Crippen molar-refractivity contribution in [3.63, 3.8) is 0 Å². The largest absolute Gasteiger partial charge is 0.337 e. The minimum absolute atomic E-state index is 0.0881. The molecule has 0 spiro atoms. The van der Waals surface area contributed by atoms with E-state index < -0.39 is 0 Å². The molecular formula is C23H21N3O2S. The maximum atomic E-state index is 13.3. The first-order valence-corrected chi connectivity index (χ1v) is 10.5. The Hall–Kier alpha value is -3.12. The van der Waals surface area contributed by atoms with Crippen LogP contribution in [0.25, 0.3) is 22.4 Å². The monoisotopic (exact) mass is 403 g/mol. The molecular weight excluding hydrogens is 382 g/mol. The number of hydrogen-bond acceptors (Lipinski definition) is 5. The van der Waals surface area contributed by atoms with Crippen molar-refractivity contribution in [1.29, 1.82) is 0 Å². The van der Waals surface area contributed by atoms with E-state index in [1.807, 2.05) is 56.6 Å². The standard InChI is InChI=1S/C23H21N3O2S/c1-15-21-19(23(27)26(2)14-16-9-11-18(29-3)12-10-16)13-20(24-22(21)28-25-15)17-7-5-4-6-8-17/h4-13H,14H2,1-3H3. The SMILES string of the molecule is CSc1ccc(CN(C)C(=O)c2cc(-c3ccccc3)nc3onc(C)c23)cc1. The third-order valence-corrected chi connectivity index (χ3v) is 5.59. The molecule has 0 aliphatic heterocycles. The first kappa shape index (κ1) is 19.2. The highest BCUT2D eigenvalue weighted by molar-refractivity contribution is 7.98. The summed E-state index contributed by atoms with van der Waals surface area (Å²) in [6, 6.07) is 19.8. The fraction of sp³-hybridized carbons (Fsp3) is 0.174. The average molecular weight is 404 g/mol. The van der Waals surface area contributed by atoms with E-state index in [4.69, 9.17) is 4.52 Å². The van der Waals surface area contributed by atoms with E-state index in [1.54, 1.807) is 16.7 Å². The molecule has 0 atom stereocenters. The summed E-state index contributed by atoms with van der Waals surface area (Å²) >= 11 is 1.70. The van der Waals surface area contributed by atoms with Crippen LogP contribution in [0.5, 0.6) is 0 Å². The van der Waals surface area contributed by atoms with Crippen LogP contribution in [0, 0.1) is 6.92 Å². The summed E-state index contributed by atoms with van der Waals surface area (Å²) in [5, 5.41) is 4.69. The molecule has 2 heterocycles. The first-order valence-electron chi connectivity index (χ1n) is 9.27. The molecule has 4 rings (SSSR count). The summed E-state index contributed by atoms with van der Waals surface area (Å²) in [6.07, 6.45) is 2.05. The number of carbonyl (C=O) groups is 1. The molecule has 0 aliphatic rings. The smallest absolute Gasteiger partial charge is 0.259 e. The Morgan fingerprint density at radius 3 is 2.52 bits per heavy atom. The van der Waals surface area contributed by atoms with Crippen molar-refractivity contribution in [3.8, 4) is 11.3 Å². The van der Waals surface area contributed by atoms with Gasteiger partial charge in [0.05, 0.1) is 22.3 Å². The Balaban J connectivity index is 1.71. The van der Waals surface area contributed by atoms with Gasteiger partial charge in [0.1, 0.15) is 0 Å². The number of carbonyl (C=O) groups excluding carboxylic acids is 1. The summed E-state index contributed by atoms with van der Waals surface area (Å²) in [7, 11) is 1.81. The number of nitrogens with zero attached hydrogens (tertiary/aromatic N) is 3. The summed E-state index contributed by atoms with van der Waals surface area (Å²) in [4.78, 5) is 20.8. The number of hydrogen-bond donors (Lipinski definition) is 0. The van der Waals surface area contributed by atoms with Crippen LogP contribution in [-0.2, 0) is 6.54 Å². The van der Waals surface area contributed by atoms with Crippen LogP contribution in [-0.4, -0.2) is 34.3 Å². The molecule has 1 amide bonds. The molecule has 0 radical (unpaired) electrons. The molecule has 146 valence electrons. The molecule has 0 unspecified atom stereocenters. The van der Waals surface area contributed by atoms with Gasteiger partial charge in [0.25, 0.3) is 11.6 Å². The van der Waals surface area contributed by atoms with Gasteiger partial charge in [0.2, 0.25) is 0 Å². The molecule has 29 heavy (non-hydrogen) atoms. The van der Waals surface area contributed by atoms with E-state index in [1.165, 1.54) is 4.90 Å². The second-order valence-corrected chi connectivity index (χ2v) is 7.76. The predicted molar refractivity (Wildman–Crippen MR) is 116 cm³/mol. The highest BCUT2D eigenvalue weighted by atomic mass is 32.2. The van der Waals surface area contributed by atoms with Crippen molar-refractivity contribution >= 4 is 28.8 Å². The van der Waals surface area contributed by atoms with Crippen molar-refractivity contribution in [2.45, 2.75) is 18.4 Å². The minimum Gasteiger partial charge on any atom is -0.337 e. The Labute approximate surface area is 173 Å². The number of thioether (sulfide) groups is 1. The second-order valence-electron chi connectivity index (χ2n) is 6.88. The van der Waals surface area contributed by atoms with Gasteiger partial charge in [-0.15, -0.1) is 11.8 Å². The van der Waals surface area contributed by atoms with Gasteiger partial charge < -0.3 is 9.42 Å². The quantitative estimate of drug-likeness (QED) is 0.429. The van der Waals surface area contributed by atoms with E-state index >= 15 is 0 Å². The van der Waals surface area contributed by atoms with Gasteiger partial charge in [0, 0.05) is 24.1 Å². The zero-order valence-corrected chi connectivity index (χ0v) is 17.4. The Bertz CT molecular complexity index is 1150. The van der Waals surface area contributed by atoms with Crippen molar-refractivity contribution in [1.82, 2.24) is 15.0 Å². The van der Waals surface area contributed by atoms with Gasteiger partial charge in [0.15, 0.2) is 0 Å². The van der Waals surface area contributed by atoms with E-state index in [9.17, 15) is 4.79 Å². The van der Waals surface area contributed by atoms with Gasteiger partial charge in [-0.05, 0) is 36.9 Å². The van der Waals surface area contributed by atoms with Crippen LogP contribution in [0.1, 0.15) is 21.6 Å². The Kier molecular flexibility index (Phi) is 5.36. The molecule has 4 aromatic rings. The van der Waals surface area contributed by atoms with Gasteiger partial charge in [-0.2, -0.15) is 0 Å². The third kappa shape index (κ3) is 3.89. The Morgan fingerprint density at radius 2 is 1.83 bits per heavy atom. The lowest BCUT2D eigenvalue weighted by Gasteiger charge is -2.18. The van der Waals surface area contributed by atoms with E-state index in [-0.39, 0.29) is 5.91 Å². The van der Waals surface area contributed by atoms with Gasteiger partial charge >= 0.3 is 0 Å². The molecule has 6 heteroatoms. The topological polar surface area (TPSA) is 59.2 Å². The lowest BCUT2D eigenvalue weighted by atomic mass is 10.0. The van der Waals surface area contributed by atoms with Crippen LogP contribution >= 0.6 is 11.8 Å². The Morgan fingerprint density at radius 1 is 1.10 bits per heavy atom. The van der Waals surface area contributed by atoms with Crippen LogP contribution in [0.4, 0.5) is 0 Å². The highest BCUT2D eigenvalue weighted by Crippen LogP contribution is 2.28. The lowest BCUT2D eigenvalue weighted by Crippen LogP contribution is -2.26. The van der Waals surface area contributed by atoms with Crippen LogP contribution in [0.3, 0.4) is 0 Å². The number of aryl methyl sites for hydroxylation is 1. The molecule has 2 aromatic carbocycles. The number of rotatable bonds is 5. The van der Waals surface area contributed by atoms with Crippen LogP contribution in [0.15, 0.2) is 70.1 Å². The van der Waals surface area contributed by atoms with E-state index in [0.717, 1.165) is 11.1 Å². The average Bonchev–Trinajstić information content (AvgIpc) is 3.14. The third-order valence-electron chi connectivity index (χ3n) is 4.84. The van der Waals surface area contributed by atoms with Gasteiger partial charge in [-0.25, -0.2) is 4.98 Å². The number of pyridine rings is 1. The van der Waals surface area contributed by atoms with Crippen LogP contribution < -0.4 is 0 Å². The number of amides is 1. The van der Waals surface area contributed by atoms with Gasteiger partial charge in [-0.3, -0.25) is 4.79 Å². The van der Waals surface area contributed by atoms with Crippen molar-refractivity contribution in [3.05, 3.63) is 77.5 Å². The van der Waals surface area contributed by atoms with Gasteiger partial charge in [-0.1, -0.05) is 47.6 Å². The second kappa shape index (κ2) is 8.09. The highest BCUT2D eigenvalue weighted by Gasteiger charge is 2.22. The van der Waals surface area contributed by atoms with E-state index in [0.29, 0.717) is 34.6 Å². The first-order chi connectivity index (χ1) is 14.1. The maximum absolute atomic E-state index is 13.3. The van der Waals surface area contributed by atoms with Crippen molar-refractivity contribution < 1.29 is 9.32 Å². The molecule has 0 aliphatic carbocycles. The fourth-order valence-electron chi connectivity index (χ4n) is 3.30. The number of aromatic nitrogens is 2. The molecule has 5 nitrogen and oxygen atoms in total. The maximum Gasteiger partial charge on any atom is 0.259 e. The van der Waals surface area contributed by atoms with E-state index in [2.05, 4.69) is 34.4 Å². The number of fused-ring (bicyclic) bond motifs is 1. The molecule has 0 bridgehead atoms. The molecule has 0 N–H and O–H groups in total. The summed E-state index contributed by atoms with van der Waals surface area (Å²) in [5.41, 5.74) is 4.28.